The van der Waals surface area contributed by atoms with E-state index in [-0.39, 0.29) is 28.2 Å². The Balaban J connectivity index is 1.38. The van der Waals surface area contributed by atoms with Gasteiger partial charge in [-0.25, -0.2) is 14.5 Å². The molecule has 1 aliphatic rings. The monoisotopic (exact) mass is 667 g/mol. The number of nitrogens with one attached hydrogen (secondary N) is 1. The van der Waals surface area contributed by atoms with Crippen LogP contribution in [0.1, 0.15) is 37.9 Å². The predicted octanol–water partition coefficient (Wildman–Crippen LogP) is 4.76. The number of pyridine rings is 1. The van der Waals surface area contributed by atoms with E-state index in [0.29, 0.717) is 41.9 Å². The number of ether oxygens (including phenoxy) is 1. The zero-order chi connectivity index (χ0) is 33.5. The van der Waals surface area contributed by atoms with Crippen LogP contribution in [0.3, 0.4) is 0 Å². The molecule has 4 aromatic heterocycles. The van der Waals surface area contributed by atoms with Crippen LogP contribution in [0.15, 0.2) is 66.1 Å². The second-order valence-electron chi connectivity index (χ2n) is 10.9. The Morgan fingerprint density at radius 2 is 1.91 bits per heavy atom. The quantitative estimate of drug-likeness (QED) is 0.268. The Bertz CT molecular complexity index is 2060. The number of halogens is 4. The molecule has 5 heterocycles. The largest absolute Gasteiger partial charge is 0.491 e. The summed E-state index contributed by atoms with van der Waals surface area (Å²) in [5, 5.41) is 14.8. The lowest BCUT2D eigenvalue weighted by Gasteiger charge is -2.22. The molecule has 5 aromatic rings. The van der Waals surface area contributed by atoms with Crippen molar-refractivity contribution in [2.24, 2.45) is 13.0 Å². The fraction of sp³-hybridized carbons (Fsp3) is 0.267. The highest BCUT2D eigenvalue weighted by Crippen LogP contribution is 2.33. The van der Waals surface area contributed by atoms with Crippen LogP contribution < -0.4 is 15.6 Å². The van der Waals surface area contributed by atoms with Gasteiger partial charge in [0.05, 0.1) is 53.2 Å². The van der Waals surface area contributed by atoms with Gasteiger partial charge in [-0.1, -0.05) is 35.3 Å². The molecule has 13 nitrogen and oxygen atoms in total. The van der Waals surface area contributed by atoms with E-state index >= 15 is 0 Å². The Morgan fingerprint density at radius 1 is 1.11 bits per heavy atom. The number of hydrogen-bond donors (Lipinski definition) is 1. The van der Waals surface area contributed by atoms with Gasteiger partial charge in [-0.3, -0.25) is 23.8 Å². The molecule has 6 rings (SSSR count). The van der Waals surface area contributed by atoms with Gasteiger partial charge in [0.2, 0.25) is 5.91 Å². The van der Waals surface area contributed by atoms with Crippen LogP contribution in [0.2, 0.25) is 5.02 Å². The van der Waals surface area contributed by atoms with Crippen LogP contribution in [0.25, 0.3) is 28.2 Å². The molecular weight excluding hydrogens is 643 g/mol. The Kier molecular flexibility index (Phi) is 8.36. The van der Waals surface area contributed by atoms with Gasteiger partial charge in [-0.15, -0.1) is 0 Å². The number of aromatic nitrogens is 8. The lowest BCUT2D eigenvalue weighted by atomic mass is 9.97. The number of anilines is 1. The van der Waals surface area contributed by atoms with E-state index in [1.807, 2.05) is 13.0 Å². The molecule has 1 amide bonds. The number of esters is 1. The molecule has 1 aliphatic heterocycles. The van der Waals surface area contributed by atoms with Crippen molar-refractivity contribution in [2.45, 2.75) is 38.4 Å². The second-order valence-corrected chi connectivity index (χ2v) is 11.3. The molecule has 1 aromatic carbocycles. The van der Waals surface area contributed by atoms with Crippen LogP contribution in [-0.4, -0.2) is 57.4 Å². The van der Waals surface area contributed by atoms with E-state index in [0.717, 1.165) is 16.4 Å². The third-order valence-corrected chi connectivity index (χ3v) is 7.94. The molecular formula is C30H25ClF3N9O4. The van der Waals surface area contributed by atoms with Crippen molar-refractivity contribution < 1.29 is 27.5 Å². The number of hydrogen-bond acceptors (Lipinski definition) is 9. The zero-order valence-electron chi connectivity index (χ0n) is 24.8. The van der Waals surface area contributed by atoms with E-state index in [1.54, 1.807) is 30.2 Å². The number of carbonyl (C=O) groups is 2. The normalized spacial score (nSPS) is 16.9. The molecule has 2 atom stereocenters. The summed E-state index contributed by atoms with van der Waals surface area (Å²) >= 11 is 6.26. The van der Waals surface area contributed by atoms with Crippen molar-refractivity contribution in [1.82, 2.24) is 39.3 Å². The minimum absolute atomic E-state index is 0.135. The Labute approximate surface area is 269 Å². The molecule has 0 saturated carbocycles. The molecule has 0 spiro atoms. The first-order valence-electron chi connectivity index (χ1n) is 14.3. The van der Waals surface area contributed by atoms with Crippen molar-refractivity contribution >= 4 is 29.2 Å². The minimum atomic E-state index is -5.22. The number of fused-ring (bicyclic) bond motifs is 4. The van der Waals surface area contributed by atoms with Crippen LogP contribution in [-0.2, 0) is 16.6 Å². The average molecular weight is 668 g/mol. The summed E-state index contributed by atoms with van der Waals surface area (Å²) < 4.78 is 46.4. The molecule has 1 N–H and O–H groups in total. The molecule has 0 radical (unpaired) electrons. The van der Waals surface area contributed by atoms with Gasteiger partial charge in [0.25, 0.3) is 11.4 Å². The third-order valence-electron chi connectivity index (χ3n) is 7.71. The third kappa shape index (κ3) is 6.49. The van der Waals surface area contributed by atoms with E-state index in [2.05, 4.69) is 35.4 Å². The maximum Gasteiger partial charge on any atom is 0.491 e. The predicted molar refractivity (Wildman–Crippen MR) is 162 cm³/mol. The second kappa shape index (κ2) is 12.4. The van der Waals surface area contributed by atoms with E-state index in [9.17, 15) is 27.6 Å². The first-order chi connectivity index (χ1) is 22.4. The van der Waals surface area contributed by atoms with Gasteiger partial charge in [-0.05, 0) is 43.2 Å². The number of aryl methyl sites for hydroxylation is 1. The SMILES string of the molecule is C[C@@H]1CCC[C@H](n2cnc(-c3cc(Cl)ccc3-n3cc(OC(=O)C(F)(F)F)nn3)cc2=O)c2cc(ccn2)-c2c(cnn2C)NC1=O. The average Bonchev–Trinajstić information content (AvgIpc) is 3.64. The maximum absolute atomic E-state index is 13.7. The summed E-state index contributed by atoms with van der Waals surface area (Å²) in [4.78, 5) is 47.1. The molecule has 0 fully saturated rings. The van der Waals surface area contributed by atoms with Crippen LogP contribution in [0.5, 0.6) is 5.88 Å². The summed E-state index contributed by atoms with van der Waals surface area (Å²) in [7, 11) is 1.77. The number of rotatable bonds is 4. The van der Waals surface area contributed by atoms with Crippen molar-refractivity contribution in [3.63, 3.8) is 0 Å². The Morgan fingerprint density at radius 3 is 2.68 bits per heavy atom. The highest BCUT2D eigenvalue weighted by Gasteiger charge is 2.42. The summed E-state index contributed by atoms with van der Waals surface area (Å²) in [6.45, 7) is 1.84. The molecule has 47 heavy (non-hydrogen) atoms. The fourth-order valence-electron chi connectivity index (χ4n) is 5.35. The van der Waals surface area contributed by atoms with Gasteiger partial charge in [0.15, 0.2) is 0 Å². The van der Waals surface area contributed by atoms with Gasteiger partial charge in [0.1, 0.15) is 0 Å². The van der Waals surface area contributed by atoms with Gasteiger partial charge >= 0.3 is 12.1 Å². The summed E-state index contributed by atoms with van der Waals surface area (Å²) in [6, 6.07) is 8.93. The van der Waals surface area contributed by atoms with E-state index in [1.165, 1.54) is 35.2 Å². The first kappa shape index (κ1) is 31.6. The standard InChI is InChI=1S/C30H25ClF3N9O4/c1-16-4-3-5-24(21-10-17(8-9-35-21)27-22(38-28(16)45)13-37-41(27)2)42-15-36-20(12-26(42)44)19-11-18(31)6-7-23(19)43-14-25(39-40-43)47-29(46)30(32,33)34/h6-16,24H,3-5H2,1-2H3,(H,38,45)/t16-,24+/m1/s1. The van der Waals surface area contributed by atoms with Crippen molar-refractivity contribution in [2.75, 3.05) is 5.32 Å². The van der Waals surface area contributed by atoms with E-state index in [4.69, 9.17) is 11.6 Å². The first-order valence-corrected chi connectivity index (χ1v) is 14.7. The number of benzene rings is 1. The van der Waals surface area contributed by atoms with Gasteiger partial charge in [-0.2, -0.15) is 18.3 Å². The summed E-state index contributed by atoms with van der Waals surface area (Å²) in [5.41, 5.74) is 2.94. The Hall–Kier alpha value is -5.38. The van der Waals surface area contributed by atoms with Crippen molar-refractivity contribution in [3.05, 3.63) is 82.4 Å². The van der Waals surface area contributed by atoms with Crippen molar-refractivity contribution in [3.8, 4) is 34.1 Å². The molecule has 17 heteroatoms. The van der Waals surface area contributed by atoms with Gasteiger partial charge in [0, 0.05) is 41.4 Å². The molecule has 2 bridgehead atoms. The molecule has 0 aliphatic carbocycles. The molecule has 242 valence electrons. The maximum atomic E-state index is 13.7. The number of alkyl halides is 3. The van der Waals surface area contributed by atoms with Gasteiger partial charge < -0.3 is 10.1 Å². The fourth-order valence-corrected chi connectivity index (χ4v) is 5.53. The topological polar surface area (TPSA) is 152 Å². The number of amides is 1. The molecule has 0 saturated heterocycles. The van der Waals surface area contributed by atoms with E-state index < -0.39 is 29.6 Å². The highest BCUT2D eigenvalue weighted by molar-refractivity contribution is 6.31. The smallest absolute Gasteiger partial charge is 0.397 e. The summed E-state index contributed by atoms with van der Waals surface area (Å²) in [5.74, 6) is -3.57. The highest BCUT2D eigenvalue weighted by atomic mass is 35.5. The lowest BCUT2D eigenvalue weighted by Crippen LogP contribution is -2.28. The zero-order valence-corrected chi connectivity index (χ0v) is 25.5. The number of carbonyl (C=O) groups excluding carboxylic acids is 2. The lowest BCUT2D eigenvalue weighted by molar-refractivity contribution is -0.190. The van der Waals surface area contributed by atoms with Crippen molar-refractivity contribution in [1.29, 1.82) is 0 Å². The van der Waals surface area contributed by atoms with Crippen LogP contribution in [0.4, 0.5) is 18.9 Å². The summed E-state index contributed by atoms with van der Waals surface area (Å²) in [6.07, 6.45) is 2.01. The minimum Gasteiger partial charge on any atom is -0.397 e. The van der Waals surface area contributed by atoms with Crippen LogP contribution >= 0.6 is 11.6 Å². The molecule has 0 unspecified atom stereocenters. The van der Waals surface area contributed by atoms with Crippen LogP contribution in [0, 0.1) is 5.92 Å². The number of nitrogens with zero attached hydrogens (tertiary/aromatic N) is 8.